The van der Waals surface area contributed by atoms with E-state index in [1.54, 1.807) is 0 Å². The van der Waals surface area contributed by atoms with E-state index < -0.39 is 0 Å². The Labute approximate surface area is 580 Å². The van der Waals surface area contributed by atoms with E-state index in [0.29, 0.717) is 73.4 Å². The number of hydrogen-bond donors (Lipinski definition) is 2. The third kappa shape index (κ3) is 18.1. The highest BCUT2D eigenvalue weighted by Crippen LogP contribution is 2.58. The third-order valence-electron chi connectivity index (χ3n) is 21.4. The molecule has 6 aromatic rings. The van der Waals surface area contributed by atoms with E-state index in [1.807, 2.05) is 26.0 Å². The van der Waals surface area contributed by atoms with Crippen LogP contribution in [0, 0.1) is 37.5 Å². The lowest BCUT2D eigenvalue weighted by molar-refractivity contribution is -0.0152. The number of hydrogen-bond acceptors (Lipinski definition) is 8. The molecule has 2 heterocycles. The van der Waals surface area contributed by atoms with Crippen molar-refractivity contribution < 1.29 is 38.6 Å². The molecule has 8 nitrogen and oxygen atoms in total. The quantitative estimate of drug-likeness (QED) is 0.0431. The van der Waals surface area contributed by atoms with Gasteiger partial charge in [0.1, 0.15) is 83.6 Å². The molecule has 0 unspecified atom stereocenters. The zero-order chi connectivity index (χ0) is 68.8. The van der Waals surface area contributed by atoms with Gasteiger partial charge in [0.25, 0.3) is 0 Å². The Morgan fingerprint density at radius 2 is 0.771 bits per heavy atom. The summed E-state index contributed by atoms with van der Waals surface area (Å²) in [7, 11) is 0. The van der Waals surface area contributed by atoms with Gasteiger partial charge in [-0.2, -0.15) is 0 Å². The number of phenolic OH excluding ortho intramolecular Hbond substituents is 2. The summed E-state index contributed by atoms with van der Waals surface area (Å²) >= 11 is 0. The van der Waals surface area contributed by atoms with Crippen LogP contribution in [0.5, 0.6) is 46.0 Å². The average Bonchev–Trinajstić information content (AvgIpc) is 0.752. The SMILES string of the molecule is C=C(C)c1ccc(C)cc1-c1c(O)cc(CCCCC)cc1OCCOc1cc(CCCCC)cc2c1[C@@H]1C[C@@H](C)CC[C@H]1C(C)(C)O2.C=C(C)c1ccc(C)cc1-c1c(O)cc(CCCCC)cc1OCCOc1cc(CCCCC)cc2c1[C@@H]1C[C@H](C)CC[C@H]1C(C)(C)O2. The fourth-order valence-electron chi connectivity index (χ4n) is 16.3. The maximum absolute atomic E-state index is 11.5. The highest BCUT2D eigenvalue weighted by Gasteiger charge is 2.49. The van der Waals surface area contributed by atoms with Gasteiger partial charge in [0.15, 0.2) is 0 Å². The summed E-state index contributed by atoms with van der Waals surface area (Å²) in [6.07, 6.45) is 25.0. The summed E-state index contributed by atoms with van der Waals surface area (Å²) in [5.41, 5.74) is 16.4. The first kappa shape index (κ1) is 73.4. The predicted molar refractivity (Wildman–Crippen MR) is 402 cm³/mol. The van der Waals surface area contributed by atoms with Gasteiger partial charge < -0.3 is 38.6 Å². The molecule has 0 spiro atoms. The normalized spacial score (nSPS) is 19.6. The summed E-state index contributed by atoms with van der Waals surface area (Å²) in [6, 6.07) is 29.8. The molecule has 2 N–H and O–H groups in total. The summed E-state index contributed by atoms with van der Waals surface area (Å²) in [6.45, 7) is 41.0. The largest absolute Gasteiger partial charge is 0.507 e. The molecule has 10 rings (SSSR count). The molecule has 0 amide bonds. The number of benzene rings is 6. The van der Waals surface area contributed by atoms with Crippen molar-refractivity contribution in [1.29, 1.82) is 0 Å². The summed E-state index contributed by atoms with van der Waals surface area (Å²) < 4.78 is 40.2. The molecule has 0 bridgehead atoms. The van der Waals surface area contributed by atoms with Crippen LogP contribution < -0.4 is 28.4 Å². The molecule has 0 radical (unpaired) electrons. The van der Waals surface area contributed by atoms with Crippen LogP contribution in [-0.4, -0.2) is 47.8 Å². The van der Waals surface area contributed by atoms with Crippen molar-refractivity contribution in [2.24, 2.45) is 23.7 Å². The van der Waals surface area contributed by atoms with Crippen molar-refractivity contribution in [1.82, 2.24) is 0 Å². The van der Waals surface area contributed by atoms with Crippen molar-refractivity contribution in [3.63, 3.8) is 0 Å². The lowest BCUT2D eigenvalue weighted by Crippen LogP contribution is -2.46. The number of aromatic hydroxyl groups is 2. The smallest absolute Gasteiger partial charge is 0.131 e. The molecule has 96 heavy (non-hydrogen) atoms. The van der Waals surface area contributed by atoms with Crippen LogP contribution in [0.2, 0.25) is 0 Å². The Morgan fingerprint density at radius 1 is 0.448 bits per heavy atom. The maximum Gasteiger partial charge on any atom is 0.131 e. The minimum Gasteiger partial charge on any atom is -0.507 e. The van der Waals surface area contributed by atoms with Crippen molar-refractivity contribution in [3.8, 4) is 68.2 Å². The Balaban J connectivity index is 0.000000225. The fraction of sp³-hybridized carbons (Fsp3) is 0.545. The van der Waals surface area contributed by atoms with Crippen molar-refractivity contribution in [3.05, 3.63) is 154 Å². The van der Waals surface area contributed by atoms with Gasteiger partial charge >= 0.3 is 0 Å². The van der Waals surface area contributed by atoms with Gasteiger partial charge in [0.2, 0.25) is 0 Å². The number of ether oxygens (including phenoxy) is 6. The van der Waals surface area contributed by atoms with E-state index in [1.165, 1.54) is 86.5 Å². The van der Waals surface area contributed by atoms with E-state index in [2.05, 4.69) is 169 Å². The highest BCUT2D eigenvalue weighted by atomic mass is 16.5. The molecule has 2 fully saturated rings. The molecule has 0 saturated heterocycles. The van der Waals surface area contributed by atoms with Gasteiger partial charge in [0.05, 0.1) is 11.1 Å². The topological polar surface area (TPSA) is 95.8 Å². The third-order valence-corrected chi connectivity index (χ3v) is 21.4. The number of unbranched alkanes of at least 4 members (excludes halogenated alkanes) is 8. The number of allylic oxidation sites excluding steroid dienone is 2. The number of aryl methyl sites for hydroxylation is 6. The second-order valence-electron chi connectivity index (χ2n) is 30.5. The van der Waals surface area contributed by atoms with Crippen molar-refractivity contribution in [2.45, 2.75) is 261 Å². The van der Waals surface area contributed by atoms with Gasteiger partial charge in [-0.15, -0.1) is 0 Å². The van der Waals surface area contributed by atoms with Gasteiger partial charge in [0, 0.05) is 23.0 Å². The predicted octanol–water partition coefficient (Wildman–Crippen LogP) is 24.0. The molecule has 0 aromatic heterocycles. The Kier molecular flexibility index (Phi) is 25.7. The highest BCUT2D eigenvalue weighted by molar-refractivity contribution is 5.88. The molecule has 8 heteroatoms. The second-order valence-corrected chi connectivity index (χ2v) is 30.5. The zero-order valence-corrected chi connectivity index (χ0v) is 61.7. The fourth-order valence-corrected chi connectivity index (χ4v) is 16.3. The molecule has 520 valence electrons. The average molecular weight is 1310 g/mol. The first-order valence-corrected chi connectivity index (χ1v) is 37.5. The van der Waals surface area contributed by atoms with Crippen LogP contribution in [0.15, 0.2) is 98.1 Å². The van der Waals surface area contributed by atoms with Gasteiger partial charge in [-0.05, 0) is 249 Å². The molecule has 4 aliphatic rings. The Morgan fingerprint density at radius 3 is 1.10 bits per heavy atom. The van der Waals surface area contributed by atoms with Crippen LogP contribution in [0.25, 0.3) is 33.4 Å². The van der Waals surface area contributed by atoms with Crippen LogP contribution in [-0.2, 0) is 25.7 Å². The lowest BCUT2D eigenvalue weighted by Gasteiger charge is -2.49. The van der Waals surface area contributed by atoms with E-state index in [4.69, 9.17) is 28.4 Å². The van der Waals surface area contributed by atoms with Crippen LogP contribution >= 0.6 is 0 Å². The van der Waals surface area contributed by atoms with Crippen LogP contribution in [0.1, 0.15) is 266 Å². The standard InChI is InChI=1S/2C44H60O4/c2*1-9-11-13-15-32-25-38(45)42(35-23-30(5)17-19-34(35)29(3)4)39(26-32)46-21-22-47-40-27-33(16-14-12-10-2)28-41-43(40)36-24-31(6)18-20-37(36)44(7,8)48-41/h2*17,19,23,25-28,31,36-37,45H,3,9-16,18,20-22,24H2,1-2,4-8H3/t31-,36+,37+;31-,36-,37-/m01/s1. The van der Waals surface area contributed by atoms with Gasteiger partial charge in [-0.3, -0.25) is 0 Å². The first-order chi connectivity index (χ1) is 46.0. The van der Waals surface area contributed by atoms with E-state index in [9.17, 15) is 10.2 Å². The number of rotatable bonds is 30. The summed E-state index contributed by atoms with van der Waals surface area (Å²) in [5.74, 6) is 9.02. The molecular formula is C88H120O8. The summed E-state index contributed by atoms with van der Waals surface area (Å²) in [4.78, 5) is 0. The number of phenols is 2. The molecule has 2 aliphatic carbocycles. The molecule has 2 saturated carbocycles. The van der Waals surface area contributed by atoms with Crippen LogP contribution in [0.3, 0.4) is 0 Å². The Hall–Kier alpha value is -6.80. The van der Waals surface area contributed by atoms with Crippen molar-refractivity contribution in [2.75, 3.05) is 26.4 Å². The van der Waals surface area contributed by atoms with Gasteiger partial charge in [-0.1, -0.05) is 178 Å². The van der Waals surface area contributed by atoms with Gasteiger partial charge in [-0.25, -0.2) is 0 Å². The van der Waals surface area contributed by atoms with E-state index in [0.717, 1.165) is 167 Å². The minimum absolute atomic E-state index is 0.195. The monoisotopic (exact) mass is 1300 g/mol. The van der Waals surface area contributed by atoms with E-state index >= 15 is 0 Å². The first-order valence-electron chi connectivity index (χ1n) is 37.5. The maximum atomic E-state index is 11.5. The zero-order valence-electron chi connectivity index (χ0n) is 61.7. The Bertz CT molecular complexity index is 3370. The second kappa shape index (κ2) is 33.6. The minimum atomic E-state index is -0.195. The number of fused-ring (bicyclic) bond motifs is 6. The molecule has 6 aromatic carbocycles. The van der Waals surface area contributed by atoms with Crippen molar-refractivity contribution >= 4 is 11.1 Å². The summed E-state index contributed by atoms with van der Waals surface area (Å²) in [5, 5.41) is 23.0. The molecule has 6 atom stereocenters. The van der Waals surface area contributed by atoms with E-state index in [-0.39, 0.29) is 22.7 Å². The molecule has 2 aliphatic heterocycles. The molecular weight excluding hydrogens is 1180 g/mol. The van der Waals surface area contributed by atoms with Crippen LogP contribution in [0.4, 0.5) is 0 Å². The lowest BCUT2D eigenvalue weighted by atomic mass is 9.64.